The van der Waals surface area contributed by atoms with E-state index in [1.165, 1.54) is 6.08 Å². The van der Waals surface area contributed by atoms with E-state index in [-0.39, 0.29) is 12.5 Å². The molecule has 4 nitrogen and oxygen atoms in total. The molecule has 0 fully saturated rings. The van der Waals surface area contributed by atoms with Crippen molar-refractivity contribution in [2.75, 3.05) is 13.7 Å². The Morgan fingerprint density at radius 2 is 2.05 bits per heavy atom. The number of aliphatic hydroxyl groups excluding tert-OH is 1. The number of hydrogen-bond donors (Lipinski definition) is 2. The van der Waals surface area contributed by atoms with Crippen molar-refractivity contribution in [2.24, 2.45) is 0 Å². The van der Waals surface area contributed by atoms with Gasteiger partial charge in [-0.25, -0.2) is 0 Å². The molecule has 19 heavy (non-hydrogen) atoms. The normalized spacial score (nSPS) is 12.8. The van der Waals surface area contributed by atoms with Crippen LogP contribution in [0.5, 0.6) is 5.75 Å². The summed E-state index contributed by atoms with van der Waals surface area (Å²) >= 11 is 0. The lowest BCUT2D eigenvalue weighted by molar-refractivity contribution is -0.116. The Kier molecular flexibility index (Phi) is 6.39. The molecule has 2 N–H and O–H groups in total. The Hall–Kier alpha value is -2.07. The van der Waals surface area contributed by atoms with Gasteiger partial charge in [0.25, 0.3) is 0 Å². The number of benzene rings is 1. The molecule has 1 rings (SSSR count). The third kappa shape index (κ3) is 5.40. The van der Waals surface area contributed by atoms with Crippen molar-refractivity contribution in [1.82, 2.24) is 5.32 Å². The van der Waals surface area contributed by atoms with Gasteiger partial charge in [-0.15, -0.1) is 0 Å². The van der Waals surface area contributed by atoms with Crippen molar-refractivity contribution in [3.8, 4) is 5.75 Å². The molecule has 0 aromatic heterocycles. The first-order chi connectivity index (χ1) is 9.17. The molecule has 0 radical (unpaired) electrons. The second-order valence-electron chi connectivity index (χ2n) is 3.92. The molecule has 1 aromatic rings. The van der Waals surface area contributed by atoms with E-state index in [4.69, 9.17) is 4.74 Å². The zero-order chi connectivity index (χ0) is 14.1. The van der Waals surface area contributed by atoms with Crippen LogP contribution in [0.3, 0.4) is 0 Å². The van der Waals surface area contributed by atoms with Crippen LogP contribution in [0.15, 0.2) is 48.6 Å². The van der Waals surface area contributed by atoms with Gasteiger partial charge in [0.1, 0.15) is 5.75 Å². The second kappa shape index (κ2) is 8.11. The lowest BCUT2D eigenvalue weighted by Crippen LogP contribution is -2.26. The van der Waals surface area contributed by atoms with Crippen molar-refractivity contribution in [1.29, 1.82) is 0 Å². The van der Waals surface area contributed by atoms with Crippen molar-refractivity contribution >= 4 is 5.91 Å². The van der Waals surface area contributed by atoms with Gasteiger partial charge >= 0.3 is 0 Å². The maximum atomic E-state index is 11.4. The van der Waals surface area contributed by atoms with Crippen molar-refractivity contribution < 1.29 is 14.6 Å². The molecule has 0 saturated heterocycles. The number of aliphatic hydroxyl groups is 1. The van der Waals surface area contributed by atoms with Gasteiger partial charge in [-0.1, -0.05) is 30.4 Å². The first-order valence-corrected chi connectivity index (χ1v) is 6.06. The van der Waals surface area contributed by atoms with Gasteiger partial charge in [-0.05, 0) is 24.6 Å². The van der Waals surface area contributed by atoms with Crippen LogP contribution in [0.25, 0.3) is 0 Å². The molecule has 1 unspecified atom stereocenters. The first-order valence-electron chi connectivity index (χ1n) is 6.06. The van der Waals surface area contributed by atoms with Crippen molar-refractivity contribution in [3.05, 3.63) is 54.1 Å². The van der Waals surface area contributed by atoms with Crippen LogP contribution in [-0.2, 0) is 4.79 Å². The Morgan fingerprint density at radius 3 is 2.63 bits per heavy atom. The lowest BCUT2D eigenvalue weighted by atomic mass is 10.1. The van der Waals surface area contributed by atoms with Crippen LogP contribution in [-0.4, -0.2) is 24.7 Å². The SMILES string of the molecule is CC=C/C=C/C(=O)NCC(O)c1ccc(OC)cc1. The predicted octanol–water partition coefficient (Wildman–Crippen LogP) is 1.98. The predicted molar refractivity (Wildman–Crippen MR) is 74.9 cm³/mol. The van der Waals surface area contributed by atoms with Gasteiger partial charge in [0.05, 0.1) is 13.2 Å². The first kappa shape index (κ1) is 15.0. The van der Waals surface area contributed by atoms with Crippen LogP contribution in [0.4, 0.5) is 0 Å². The Labute approximate surface area is 113 Å². The highest BCUT2D eigenvalue weighted by molar-refractivity contribution is 5.87. The van der Waals surface area contributed by atoms with E-state index >= 15 is 0 Å². The highest BCUT2D eigenvalue weighted by atomic mass is 16.5. The van der Waals surface area contributed by atoms with Gasteiger partial charge in [0, 0.05) is 12.6 Å². The standard InChI is InChI=1S/C15H19NO3/c1-3-4-5-6-15(18)16-11-14(17)12-7-9-13(19-2)10-8-12/h3-10,14,17H,11H2,1-2H3,(H,16,18)/b4-3?,6-5+. The summed E-state index contributed by atoms with van der Waals surface area (Å²) in [6.07, 6.45) is 5.93. The molecule has 0 saturated carbocycles. The number of methoxy groups -OCH3 is 1. The smallest absolute Gasteiger partial charge is 0.244 e. The number of carbonyl (C=O) groups is 1. The summed E-state index contributed by atoms with van der Waals surface area (Å²) in [5, 5.41) is 12.5. The number of nitrogens with one attached hydrogen (secondary N) is 1. The minimum absolute atomic E-state index is 0.172. The lowest BCUT2D eigenvalue weighted by Gasteiger charge is -2.11. The van der Waals surface area contributed by atoms with Gasteiger partial charge in [-0.3, -0.25) is 4.79 Å². The maximum Gasteiger partial charge on any atom is 0.244 e. The highest BCUT2D eigenvalue weighted by Crippen LogP contribution is 2.16. The number of rotatable bonds is 6. The molecule has 0 aliphatic carbocycles. The molecule has 0 spiro atoms. The maximum absolute atomic E-state index is 11.4. The fraction of sp³-hybridized carbons (Fsp3) is 0.267. The van der Waals surface area contributed by atoms with Gasteiger partial charge in [0.15, 0.2) is 0 Å². The van der Waals surface area contributed by atoms with E-state index in [9.17, 15) is 9.90 Å². The molecule has 4 heteroatoms. The highest BCUT2D eigenvalue weighted by Gasteiger charge is 2.08. The fourth-order valence-corrected chi connectivity index (χ4v) is 1.45. The second-order valence-corrected chi connectivity index (χ2v) is 3.92. The van der Waals surface area contributed by atoms with Crippen LogP contribution in [0.1, 0.15) is 18.6 Å². The minimum atomic E-state index is -0.732. The quantitative estimate of drug-likeness (QED) is 0.608. The number of amides is 1. The van der Waals surface area contributed by atoms with Gasteiger partial charge < -0.3 is 15.2 Å². The molecule has 0 aliphatic rings. The monoisotopic (exact) mass is 261 g/mol. The van der Waals surface area contributed by atoms with E-state index in [1.807, 2.05) is 13.0 Å². The molecule has 1 amide bonds. The molecule has 102 valence electrons. The molecule has 0 bridgehead atoms. The minimum Gasteiger partial charge on any atom is -0.497 e. The Bertz CT molecular complexity index is 449. The Morgan fingerprint density at radius 1 is 1.37 bits per heavy atom. The average Bonchev–Trinajstić information content (AvgIpc) is 2.45. The van der Waals surface area contributed by atoms with Crippen LogP contribution >= 0.6 is 0 Å². The zero-order valence-electron chi connectivity index (χ0n) is 11.2. The molecule has 1 atom stereocenters. The fourth-order valence-electron chi connectivity index (χ4n) is 1.45. The summed E-state index contributed by atoms with van der Waals surface area (Å²) in [4.78, 5) is 11.4. The van der Waals surface area contributed by atoms with E-state index in [0.717, 1.165) is 11.3 Å². The molecular weight excluding hydrogens is 242 g/mol. The molecule has 0 aliphatic heterocycles. The van der Waals surface area contributed by atoms with Crippen molar-refractivity contribution in [3.63, 3.8) is 0 Å². The van der Waals surface area contributed by atoms with Crippen molar-refractivity contribution in [2.45, 2.75) is 13.0 Å². The third-order valence-corrected chi connectivity index (χ3v) is 2.52. The average molecular weight is 261 g/mol. The number of carbonyl (C=O) groups excluding carboxylic acids is 1. The molecular formula is C15H19NO3. The van der Waals surface area contributed by atoms with Gasteiger partial charge in [-0.2, -0.15) is 0 Å². The van der Waals surface area contributed by atoms with E-state index in [1.54, 1.807) is 43.5 Å². The van der Waals surface area contributed by atoms with Crippen LogP contribution in [0.2, 0.25) is 0 Å². The summed E-state index contributed by atoms with van der Waals surface area (Å²) < 4.78 is 5.04. The Balaban J connectivity index is 2.45. The summed E-state index contributed by atoms with van der Waals surface area (Å²) in [5.41, 5.74) is 0.735. The third-order valence-electron chi connectivity index (χ3n) is 2.52. The van der Waals surface area contributed by atoms with Crippen LogP contribution < -0.4 is 10.1 Å². The van der Waals surface area contributed by atoms with E-state index in [0.29, 0.717) is 0 Å². The number of hydrogen-bond acceptors (Lipinski definition) is 3. The zero-order valence-corrected chi connectivity index (χ0v) is 11.2. The summed E-state index contributed by atoms with van der Waals surface area (Å²) in [7, 11) is 1.59. The van der Waals surface area contributed by atoms with E-state index < -0.39 is 6.10 Å². The largest absolute Gasteiger partial charge is 0.497 e. The number of ether oxygens (including phenoxy) is 1. The summed E-state index contributed by atoms with van der Waals surface area (Å²) in [6, 6.07) is 7.08. The van der Waals surface area contributed by atoms with Crippen LogP contribution in [0, 0.1) is 0 Å². The topological polar surface area (TPSA) is 58.6 Å². The molecule has 0 heterocycles. The summed E-state index contributed by atoms with van der Waals surface area (Å²) in [6.45, 7) is 2.04. The van der Waals surface area contributed by atoms with Gasteiger partial charge in [0.2, 0.25) is 5.91 Å². The summed E-state index contributed by atoms with van der Waals surface area (Å²) in [5.74, 6) is 0.500. The van der Waals surface area contributed by atoms with E-state index in [2.05, 4.69) is 5.32 Å². The number of allylic oxidation sites excluding steroid dienone is 3. The molecule has 1 aromatic carbocycles.